The summed E-state index contributed by atoms with van der Waals surface area (Å²) in [7, 11) is 1.80. The van der Waals surface area contributed by atoms with Crippen LogP contribution in [0.25, 0.3) is 10.8 Å². The van der Waals surface area contributed by atoms with Crippen molar-refractivity contribution in [2.75, 3.05) is 33.4 Å². The van der Waals surface area contributed by atoms with Crippen LogP contribution in [0.3, 0.4) is 0 Å². The first-order valence-corrected chi connectivity index (χ1v) is 8.34. The minimum atomic E-state index is 0.776. The molecule has 2 rings (SSSR count). The van der Waals surface area contributed by atoms with Crippen molar-refractivity contribution in [3.63, 3.8) is 0 Å². The maximum atomic E-state index is 5.33. The maximum absolute atomic E-state index is 5.33. The summed E-state index contributed by atoms with van der Waals surface area (Å²) in [5, 5.41) is 9.31. The Labute approximate surface area is 139 Å². The van der Waals surface area contributed by atoms with Gasteiger partial charge in [-0.25, -0.2) is 0 Å². The number of ether oxygens (including phenoxy) is 1. The van der Waals surface area contributed by atoms with Gasteiger partial charge in [0.15, 0.2) is 5.96 Å². The highest BCUT2D eigenvalue weighted by Crippen LogP contribution is 2.18. The molecule has 4 nitrogen and oxygen atoms in total. The Bertz CT molecular complexity index is 620. The van der Waals surface area contributed by atoms with E-state index in [4.69, 9.17) is 4.74 Å². The third kappa shape index (κ3) is 5.57. The van der Waals surface area contributed by atoms with Crippen LogP contribution in [0.2, 0.25) is 0 Å². The van der Waals surface area contributed by atoms with Crippen LogP contribution in [0, 0.1) is 0 Å². The van der Waals surface area contributed by atoms with Crippen LogP contribution in [0.4, 0.5) is 0 Å². The van der Waals surface area contributed by atoms with Crippen LogP contribution >= 0.6 is 0 Å². The zero-order chi connectivity index (χ0) is 16.3. The Balaban J connectivity index is 1.78. The first-order valence-electron chi connectivity index (χ1n) is 8.34. The summed E-state index contributed by atoms with van der Waals surface area (Å²) in [4.78, 5) is 4.25. The predicted octanol–water partition coefficient (Wildman–Crippen LogP) is 2.97. The van der Waals surface area contributed by atoms with E-state index in [0.717, 1.165) is 45.1 Å². The van der Waals surface area contributed by atoms with Gasteiger partial charge < -0.3 is 15.4 Å². The summed E-state index contributed by atoms with van der Waals surface area (Å²) in [5.74, 6) is 0.849. The quantitative estimate of drug-likeness (QED) is 0.447. The second-order valence-corrected chi connectivity index (χ2v) is 5.36. The van der Waals surface area contributed by atoms with Gasteiger partial charge in [0.25, 0.3) is 0 Å². The summed E-state index contributed by atoms with van der Waals surface area (Å²) in [6.07, 6.45) is 1.96. The lowest BCUT2D eigenvalue weighted by molar-refractivity contribution is 0.145. The molecule has 0 saturated heterocycles. The van der Waals surface area contributed by atoms with Gasteiger partial charge in [0.2, 0.25) is 0 Å². The summed E-state index contributed by atoms with van der Waals surface area (Å²) >= 11 is 0. The van der Waals surface area contributed by atoms with Crippen molar-refractivity contribution in [1.82, 2.24) is 10.6 Å². The molecule has 4 heteroatoms. The second kappa shape index (κ2) is 9.85. The molecule has 2 N–H and O–H groups in total. The Kier molecular flexibility index (Phi) is 7.40. The van der Waals surface area contributed by atoms with Gasteiger partial charge in [-0.2, -0.15) is 0 Å². The third-order valence-electron chi connectivity index (χ3n) is 3.75. The molecule has 0 spiro atoms. The van der Waals surface area contributed by atoms with Crippen molar-refractivity contribution in [2.24, 2.45) is 4.99 Å². The Morgan fingerprint density at radius 1 is 1.04 bits per heavy atom. The molecule has 0 saturated carbocycles. The van der Waals surface area contributed by atoms with Crippen LogP contribution in [0.1, 0.15) is 18.9 Å². The normalized spacial score (nSPS) is 11.7. The zero-order valence-corrected chi connectivity index (χ0v) is 14.1. The summed E-state index contributed by atoms with van der Waals surface area (Å²) < 4.78 is 5.33. The molecule has 23 heavy (non-hydrogen) atoms. The zero-order valence-electron chi connectivity index (χ0n) is 14.1. The van der Waals surface area contributed by atoms with Crippen molar-refractivity contribution in [3.05, 3.63) is 48.0 Å². The fourth-order valence-electron chi connectivity index (χ4n) is 2.57. The molecule has 0 aliphatic heterocycles. The number of hydrogen-bond acceptors (Lipinski definition) is 2. The molecule has 0 atom stereocenters. The SMILES string of the molecule is CCOCCCNC(=NC)NCCc1cccc2ccccc12. The number of guanidine groups is 1. The van der Waals surface area contributed by atoms with E-state index >= 15 is 0 Å². The largest absolute Gasteiger partial charge is 0.382 e. The fourth-order valence-corrected chi connectivity index (χ4v) is 2.57. The van der Waals surface area contributed by atoms with E-state index in [-0.39, 0.29) is 0 Å². The van der Waals surface area contributed by atoms with Gasteiger partial charge in [0.1, 0.15) is 0 Å². The van der Waals surface area contributed by atoms with E-state index in [1.54, 1.807) is 7.05 Å². The molecule has 0 aliphatic rings. The van der Waals surface area contributed by atoms with Gasteiger partial charge in [-0.3, -0.25) is 4.99 Å². The van der Waals surface area contributed by atoms with Crippen molar-refractivity contribution >= 4 is 16.7 Å². The van der Waals surface area contributed by atoms with Gasteiger partial charge in [0, 0.05) is 33.4 Å². The molecule has 0 unspecified atom stereocenters. The van der Waals surface area contributed by atoms with Gasteiger partial charge in [-0.15, -0.1) is 0 Å². The Morgan fingerprint density at radius 2 is 1.83 bits per heavy atom. The highest BCUT2D eigenvalue weighted by molar-refractivity contribution is 5.85. The minimum Gasteiger partial charge on any atom is -0.382 e. The van der Waals surface area contributed by atoms with Crippen LogP contribution in [0.15, 0.2) is 47.5 Å². The summed E-state index contributed by atoms with van der Waals surface area (Å²) in [6.45, 7) is 5.31. The maximum Gasteiger partial charge on any atom is 0.190 e. The van der Waals surface area contributed by atoms with Crippen molar-refractivity contribution in [2.45, 2.75) is 19.8 Å². The number of nitrogens with zero attached hydrogens (tertiary/aromatic N) is 1. The molecule has 0 radical (unpaired) electrons. The molecule has 0 aliphatic carbocycles. The number of rotatable bonds is 8. The van der Waals surface area contributed by atoms with E-state index in [1.165, 1.54) is 16.3 Å². The highest BCUT2D eigenvalue weighted by atomic mass is 16.5. The lowest BCUT2D eigenvalue weighted by Crippen LogP contribution is -2.39. The molecule has 2 aromatic rings. The molecule has 0 fully saturated rings. The molecule has 0 aromatic heterocycles. The van der Waals surface area contributed by atoms with Crippen LogP contribution < -0.4 is 10.6 Å². The molecule has 0 amide bonds. The van der Waals surface area contributed by atoms with Gasteiger partial charge in [-0.1, -0.05) is 42.5 Å². The van der Waals surface area contributed by atoms with Crippen molar-refractivity contribution in [1.29, 1.82) is 0 Å². The lowest BCUT2D eigenvalue weighted by atomic mass is 10.0. The molecule has 124 valence electrons. The number of hydrogen-bond donors (Lipinski definition) is 2. The van der Waals surface area contributed by atoms with Gasteiger partial charge >= 0.3 is 0 Å². The van der Waals surface area contributed by atoms with E-state index in [9.17, 15) is 0 Å². The Morgan fingerprint density at radius 3 is 2.65 bits per heavy atom. The third-order valence-corrected chi connectivity index (χ3v) is 3.75. The second-order valence-electron chi connectivity index (χ2n) is 5.36. The average Bonchev–Trinajstić information content (AvgIpc) is 2.60. The summed E-state index contributed by atoms with van der Waals surface area (Å²) in [6, 6.07) is 15.0. The van der Waals surface area contributed by atoms with Gasteiger partial charge in [0.05, 0.1) is 0 Å². The van der Waals surface area contributed by atoms with E-state index in [2.05, 4.69) is 58.1 Å². The van der Waals surface area contributed by atoms with E-state index in [1.807, 2.05) is 6.92 Å². The number of benzene rings is 2. The lowest BCUT2D eigenvalue weighted by Gasteiger charge is -2.12. The first-order chi connectivity index (χ1) is 11.3. The number of nitrogens with one attached hydrogen (secondary N) is 2. The van der Waals surface area contributed by atoms with Crippen LogP contribution in [-0.2, 0) is 11.2 Å². The topological polar surface area (TPSA) is 45.6 Å². The minimum absolute atomic E-state index is 0.776. The first kappa shape index (κ1) is 17.3. The van der Waals surface area contributed by atoms with Crippen molar-refractivity contribution in [3.8, 4) is 0 Å². The average molecular weight is 313 g/mol. The molecular formula is C19H27N3O. The van der Waals surface area contributed by atoms with E-state index < -0.39 is 0 Å². The number of aliphatic imine (C=N–C) groups is 1. The smallest absolute Gasteiger partial charge is 0.190 e. The number of fused-ring (bicyclic) bond motifs is 1. The molecular weight excluding hydrogens is 286 g/mol. The highest BCUT2D eigenvalue weighted by Gasteiger charge is 2.01. The summed E-state index contributed by atoms with van der Waals surface area (Å²) in [5.41, 5.74) is 1.36. The standard InChI is InChI=1S/C19H27N3O/c1-3-23-15-7-13-21-19(20-2)22-14-12-17-10-6-9-16-8-4-5-11-18(16)17/h4-6,8-11H,3,7,12-15H2,1-2H3,(H2,20,21,22). The molecule has 0 bridgehead atoms. The van der Waals surface area contributed by atoms with Crippen LogP contribution in [-0.4, -0.2) is 39.3 Å². The van der Waals surface area contributed by atoms with Gasteiger partial charge in [-0.05, 0) is 36.1 Å². The monoisotopic (exact) mass is 313 g/mol. The van der Waals surface area contributed by atoms with Crippen LogP contribution in [0.5, 0.6) is 0 Å². The van der Waals surface area contributed by atoms with E-state index in [0.29, 0.717) is 0 Å². The molecule has 2 aromatic carbocycles. The van der Waals surface area contributed by atoms with Crippen molar-refractivity contribution < 1.29 is 4.74 Å². The Hall–Kier alpha value is -2.07. The molecule has 0 heterocycles. The predicted molar refractivity (Wildman–Crippen MR) is 98.1 cm³/mol. The fraction of sp³-hybridized carbons (Fsp3) is 0.421.